The number of aryl methyl sites for hydroxylation is 1. The molecule has 3 aromatic rings. The molecule has 1 aliphatic heterocycles. The summed E-state index contributed by atoms with van der Waals surface area (Å²) in [6.45, 7) is 0.143. The molecule has 2 aromatic carbocycles. The lowest BCUT2D eigenvalue weighted by atomic mass is 9.90. The number of fused-ring (bicyclic) bond motifs is 4. The van der Waals surface area contributed by atoms with Crippen LogP contribution in [0, 0.1) is 11.3 Å². The van der Waals surface area contributed by atoms with Crippen molar-refractivity contribution >= 4 is 5.82 Å². The van der Waals surface area contributed by atoms with E-state index >= 15 is 0 Å². The summed E-state index contributed by atoms with van der Waals surface area (Å²) in [7, 11) is 1.59. The number of anilines is 1. The highest BCUT2D eigenvalue weighted by Gasteiger charge is 2.27. The molecule has 0 bridgehead atoms. The van der Waals surface area contributed by atoms with Crippen LogP contribution >= 0.6 is 0 Å². The van der Waals surface area contributed by atoms with E-state index in [4.69, 9.17) is 19.9 Å². The van der Waals surface area contributed by atoms with Crippen molar-refractivity contribution in [2.75, 3.05) is 19.6 Å². The standard InChI is InChI=1S/C23H19N3O3/c1-27-18-9-14(10-19-22(18)29-12-28-19)20-16-8-4-6-13-5-2-3-7-15(13)21(16)26-23(25)17(20)11-24/h2-3,5,7,9-10H,4,6,8,12H2,1H3,(H2,25,26). The third kappa shape index (κ3) is 2.66. The third-order valence-electron chi connectivity index (χ3n) is 5.53. The second-order valence-electron chi connectivity index (χ2n) is 7.11. The third-order valence-corrected chi connectivity index (χ3v) is 5.53. The van der Waals surface area contributed by atoms with Crippen LogP contribution in [-0.4, -0.2) is 18.9 Å². The average Bonchev–Trinajstić information content (AvgIpc) is 3.14. The molecule has 0 saturated heterocycles. The highest BCUT2D eigenvalue weighted by atomic mass is 16.7. The molecule has 0 atom stereocenters. The fraction of sp³-hybridized carbons (Fsp3) is 0.217. The maximum Gasteiger partial charge on any atom is 0.231 e. The average molecular weight is 385 g/mol. The minimum Gasteiger partial charge on any atom is -0.493 e. The number of benzene rings is 2. The topological polar surface area (TPSA) is 90.4 Å². The van der Waals surface area contributed by atoms with Gasteiger partial charge in [0.1, 0.15) is 17.5 Å². The van der Waals surface area contributed by atoms with E-state index in [9.17, 15) is 5.26 Å². The highest BCUT2D eigenvalue weighted by molar-refractivity contribution is 5.87. The van der Waals surface area contributed by atoms with Crippen LogP contribution in [0.2, 0.25) is 0 Å². The van der Waals surface area contributed by atoms with Crippen molar-refractivity contribution in [1.82, 2.24) is 4.98 Å². The Morgan fingerprint density at radius 3 is 2.86 bits per heavy atom. The molecule has 0 saturated carbocycles. The number of pyridine rings is 1. The molecule has 0 spiro atoms. The van der Waals surface area contributed by atoms with Gasteiger partial charge in [-0.25, -0.2) is 4.98 Å². The van der Waals surface area contributed by atoms with E-state index in [0.717, 1.165) is 47.2 Å². The molecule has 0 fully saturated rings. The Morgan fingerprint density at radius 1 is 1.17 bits per heavy atom. The molecule has 2 aliphatic rings. The quantitative estimate of drug-likeness (QED) is 0.714. The van der Waals surface area contributed by atoms with E-state index in [1.807, 2.05) is 24.3 Å². The number of rotatable bonds is 2. The van der Waals surface area contributed by atoms with Crippen molar-refractivity contribution in [3.63, 3.8) is 0 Å². The summed E-state index contributed by atoms with van der Waals surface area (Å²) in [6, 6.07) is 14.3. The maximum absolute atomic E-state index is 9.89. The van der Waals surface area contributed by atoms with Crippen molar-refractivity contribution < 1.29 is 14.2 Å². The molecule has 0 amide bonds. The zero-order chi connectivity index (χ0) is 20.0. The SMILES string of the molecule is COc1cc(-c2c(C#N)c(N)nc3c2CCCc2ccccc2-3)cc2c1OCO2. The number of nitrogens with zero attached hydrogens (tertiary/aromatic N) is 2. The van der Waals surface area contributed by atoms with Gasteiger partial charge in [-0.05, 0) is 48.1 Å². The van der Waals surface area contributed by atoms with E-state index in [0.29, 0.717) is 22.8 Å². The van der Waals surface area contributed by atoms with Crippen LogP contribution in [0.25, 0.3) is 22.4 Å². The van der Waals surface area contributed by atoms with Gasteiger partial charge in [0.15, 0.2) is 11.5 Å². The Bertz CT molecular complexity index is 1180. The summed E-state index contributed by atoms with van der Waals surface area (Å²) < 4.78 is 16.6. The first-order chi connectivity index (χ1) is 14.2. The van der Waals surface area contributed by atoms with Gasteiger partial charge in [-0.15, -0.1) is 0 Å². The first-order valence-corrected chi connectivity index (χ1v) is 9.50. The fourth-order valence-electron chi connectivity index (χ4n) is 4.24. The highest BCUT2D eigenvalue weighted by Crippen LogP contribution is 2.47. The van der Waals surface area contributed by atoms with Crippen molar-refractivity contribution in [2.45, 2.75) is 19.3 Å². The summed E-state index contributed by atoms with van der Waals surface area (Å²) in [5.41, 5.74) is 12.4. The van der Waals surface area contributed by atoms with E-state index in [1.54, 1.807) is 7.11 Å². The molecule has 5 rings (SSSR count). The molecule has 2 N–H and O–H groups in total. The molecule has 6 heteroatoms. The lowest BCUT2D eigenvalue weighted by Crippen LogP contribution is -2.05. The lowest BCUT2D eigenvalue weighted by Gasteiger charge is -2.18. The minimum absolute atomic E-state index is 0.143. The summed E-state index contributed by atoms with van der Waals surface area (Å²) in [5, 5.41) is 9.89. The van der Waals surface area contributed by atoms with E-state index in [2.05, 4.69) is 23.2 Å². The van der Waals surface area contributed by atoms with Gasteiger partial charge in [0.2, 0.25) is 12.5 Å². The lowest BCUT2D eigenvalue weighted by molar-refractivity contribution is 0.171. The van der Waals surface area contributed by atoms with Gasteiger partial charge in [-0.3, -0.25) is 0 Å². The van der Waals surface area contributed by atoms with Crippen molar-refractivity contribution in [3.05, 3.63) is 53.1 Å². The van der Waals surface area contributed by atoms with Crippen molar-refractivity contribution in [2.24, 2.45) is 0 Å². The van der Waals surface area contributed by atoms with Crippen LogP contribution in [-0.2, 0) is 12.8 Å². The normalized spacial score (nSPS) is 13.8. The Kier molecular flexibility index (Phi) is 4.02. The molecule has 144 valence electrons. The van der Waals surface area contributed by atoms with Crippen molar-refractivity contribution in [3.8, 4) is 45.7 Å². The first-order valence-electron chi connectivity index (χ1n) is 9.50. The largest absolute Gasteiger partial charge is 0.493 e. The number of nitriles is 1. The van der Waals surface area contributed by atoms with Gasteiger partial charge in [-0.2, -0.15) is 5.26 Å². The van der Waals surface area contributed by atoms with Crippen LogP contribution in [0.1, 0.15) is 23.1 Å². The number of nitrogens with two attached hydrogens (primary N) is 1. The molecule has 1 aliphatic carbocycles. The van der Waals surface area contributed by atoms with Gasteiger partial charge in [0.05, 0.1) is 12.8 Å². The molecule has 29 heavy (non-hydrogen) atoms. The Hall–Kier alpha value is -3.72. The minimum atomic E-state index is 0.143. The number of hydrogen-bond acceptors (Lipinski definition) is 6. The van der Waals surface area contributed by atoms with E-state index in [1.165, 1.54) is 5.56 Å². The smallest absolute Gasteiger partial charge is 0.231 e. The molecular formula is C23H19N3O3. The Morgan fingerprint density at radius 2 is 2.03 bits per heavy atom. The van der Waals surface area contributed by atoms with Gasteiger partial charge < -0.3 is 19.9 Å². The summed E-state index contributed by atoms with van der Waals surface area (Å²) >= 11 is 0. The van der Waals surface area contributed by atoms with E-state index in [-0.39, 0.29) is 12.6 Å². The zero-order valence-electron chi connectivity index (χ0n) is 16.0. The fourth-order valence-corrected chi connectivity index (χ4v) is 4.24. The Balaban J connectivity index is 1.83. The van der Waals surface area contributed by atoms with Crippen LogP contribution in [0.5, 0.6) is 17.2 Å². The maximum atomic E-state index is 9.89. The first kappa shape index (κ1) is 17.4. The number of ether oxygens (including phenoxy) is 3. The summed E-state index contributed by atoms with van der Waals surface area (Å²) in [4.78, 5) is 4.66. The molecule has 6 nitrogen and oxygen atoms in total. The number of hydrogen-bond donors (Lipinski definition) is 1. The predicted molar refractivity (Wildman–Crippen MR) is 109 cm³/mol. The molecule has 1 aromatic heterocycles. The summed E-state index contributed by atoms with van der Waals surface area (Å²) in [5.74, 6) is 1.97. The van der Waals surface area contributed by atoms with E-state index < -0.39 is 0 Å². The van der Waals surface area contributed by atoms with Crippen LogP contribution < -0.4 is 19.9 Å². The molecular weight excluding hydrogens is 366 g/mol. The van der Waals surface area contributed by atoms with Crippen LogP contribution in [0.4, 0.5) is 5.82 Å². The molecule has 0 unspecified atom stereocenters. The predicted octanol–water partition coefficient (Wildman–Crippen LogP) is 4.10. The molecule has 0 radical (unpaired) electrons. The second-order valence-corrected chi connectivity index (χ2v) is 7.11. The van der Waals surface area contributed by atoms with Gasteiger partial charge in [-0.1, -0.05) is 24.3 Å². The molecule has 2 heterocycles. The zero-order valence-corrected chi connectivity index (χ0v) is 16.0. The van der Waals surface area contributed by atoms with Gasteiger partial charge in [0, 0.05) is 11.1 Å². The Labute approximate surface area is 168 Å². The van der Waals surface area contributed by atoms with Crippen molar-refractivity contribution in [1.29, 1.82) is 5.26 Å². The second kappa shape index (κ2) is 6.71. The van der Waals surface area contributed by atoms with Gasteiger partial charge >= 0.3 is 0 Å². The number of aromatic nitrogens is 1. The van der Waals surface area contributed by atoms with Crippen LogP contribution in [0.15, 0.2) is 36.4 Å². The van der Waals surface area contributed by atoms with Gasteiger partial charge in [0.25, 0.3) is 0 Å². The number of nitrogen functional groups attached to an aromatic ring is 1. The summed E-state index contributed by atoms with van der Waals surface area (Å²) in [6.07, 6.45) is 2.73. The number of methoxy groups -OCH3 is 1. The monoisotopic (exact) mass is 385 g/mol. The van der Waals surface area contributed by atoms with Crippen LogP contribution in [0.3, 0.4) is 0 Å².